The molecule has 4 N–H and O–H groups in total. The van der Waals surface area contributed by atoms with Crippen LogP contribution in [0.3, 0.4) is 0 Å². The zero-order chi connectivity index (χ0) is 36.3. The molecule has 2 saturated carbocycles. The third-order valence-corrected chi connectivity index (χ3v) is 13.6. The molecule has 15 heteroatoms. The molecule has 5 atom stereocenters. The molecule has 1 aromatic carbocycles. The summed E-state index contributed by atoms with van der Waals surface area (Å²) in [5.74, 6) is -1.17. The number of ether oxygens (including phenoxy) is 2. The van der Waals surface area contributed by atoms with Gasteiger partial charge in [0.1, 0.15) is 34.7 Å². The number of rotatable bonds is 5. The van der Waals surface area contributed by atoms with Gasteiger partial charge in [-0.2, -0.15) is 0 Å². The van der Waals surface area contributed by atoms with Crippen molar-refractivity contribution in [3.63, 3.8) is 0 Å². The molecule has 2 aliphatic carbocycles. The minimum absolute atomic E-state index is 0.00596. The lowest BCUT2D eigenvalue weighted by atomic mass is 9.87. The summed E-state index contributed by atoms with van der Waals surface area (Å²) >= 11 is 0. The van der Waals surface area contributed by atoms with Crippen LogP contribution in [-0.4, -0.2) is 88.8 Å². The Morgan fingerprint density at radius 1 is 1.14 bits per heavy atom. The predicted octanol–water partition coefficient (Wildman–Crippen LogP) is 3.25. The van der Waals surface area contributed by atoms with Gasteiger partial charge in [-0.15, -0.1) is 0 Å². The van der Waals surface area contributed by atoms with Crippen LogP contribution in [-0.2, 0) is 30.8 Å². The van der Waals surface area contributed by atoms with Crippen LogP contribution in [0.25, 0.3) is 10.9 Å². The summed E-state index contributed by atoms with van der Waals surface area (Å²) in [6.45, 7) is 3.44. The quantitative estimate of drug-likeness (QED) is 0.333. The number of carbonyl (C=O) groups is 4. The van der Waals surface area contributed by atoms with E-state index in [0.29, 0.717) is 55.7 Å². The van der Waals surface area contributed by atoms with Crippen LogP contribution in [0, 0.1) is 12.8 Å². The van der Waals surface area contributed by atoms with Gasteiger partial charge in [0.15, 0.2) is 0 Å². The lowest BCUT2D eigenvalue weighted by Crippen LogP contribution is -2.58. The lowest BCUT2D eigenvalue weighted by molar-refractivity contribution is -0.141. The number of carbonyl (C=O) groups excluding carboxylic acids is 3. The van der Waals surface area contributed by atoms with Gasteiger partial charge in [-0.1, -0.05) is 25.0 Å². The number of carboxylic acid groups (broad SMARTS) is 1. The summed E-state index contributed by atoms with van der Waals surface area (Å²) in [6, 6.07) is 3.42. The first kappa shape index (κ1) is 35.0. The van der Waals surface area contributed by atoms with E-state index < -0.39 is 67.7 Å². The molecule has 0 bridgehead atoms. The largest absolute Gasteiger partial charge is 0.497 e. The first-order chi connectivity index (χ1) is 24.2. The Labute approximate surface area is 296 Å². The van der Waals surface area contributed by atoms with Gasteiger partial charge in [0, 0.05) is 23.3 Å². The zero-order valence-electron chi connectivity index (χ0n) is 29.1. The highest BCUT2D eigenvalue weighted by atomic mass is 32.2. The molecule has 1 saturated heterocycles. The van der Waals surface area contributed by atoms with Crippen molar-refractivity contribution < 1.29 is 42.2 Å². The van der Waals surface area contributed by atoms with E-state index in [1.165, 1.54) is 4.90 Å². The van der Waals surface area contributed by atoms with Gasteiger partial charge in [-0.05, 0) is 83.4 Å². The molecule has 7 rings (SSSR count). The lowest BCUT2D eigenvalue weighted by Gasteiger charge is -2.36. The number of fused-ring (bicyclic) bond motifs is 5. The second-order valence-electron chi connectivity index (χ2n) is 15.1. The SMILES string of the molecule is COc1ccc2nc(C)c3c(c2c1)CC[C@]1(C[C@H]2C(=O)N[C@]4(C(=O)NS(=O)(=O)C5(C)CC5)C[C@H]4/C=C\CCCCC[C@H](NC(=O)O)C(=O)N2C1)O3. The summed E-state index contributed by atoms with van der Waals surface area (Å²) in [4.78, 5) is 60.6. The number of allylic oxidation sites excluding steroid dienone is 1. The molecule has 5 aliphatic rings. The maximum Gasteiger partial charge on any atom is 0.405 e. The highest BCUT2D eigenvalue weighted by Gasteiger charge is 2.64. The van der Waals surface area contributed by atoms with Crippen LogP contribution >= 0.6 is 0 Å². The van der Waals surface area contributed by atoms with Crippen LogP contribution in [0.15, 0.2) is 30.4 Å². The molecule has 2 aromatic rings. The van der Waals surface area contributed by atoms with E-state index in [-0.39, 0.29) is 25.8 Å². The molecule has 0 unspecified atom stereocenters. The fraction of sp³-hybridized carbons (Fsp3) is 0.583. The maximum absolute atomic E-state index is 14.4. The highest BCUT2D eigenvalue weighted by molar-refractivity contribution is 7.91. The Balaban J connectivity index is 1.23. The number of benzene rings is 1. The van der Waals surface area contributed by atoms with Crippen LogP contribution in [0.1, 0.15) is 82.4 Å². The number of aryl methyl sites for hydroxylation is 2. The average Bonchev–Trinajstić information content (AvgIpc) is 3.98. The minimum atomic E-state index is -3.99. The van der Waals surface area contributed by atoms with Crippen molar-refractivity contribution in [3.8, 4) is 11.5 Å². The number of sulfonamides is 1. The van der Waals surface area contributed by atoms with Crippen molar-refractivity contribution in [3.05, 3.63) is 41.6 Å². The Hall–Kier alpha value is -4.40. The molecule has 3 aliphatic heterocycles. The van der Waals surface area contributed by atoms with Gasteiger partial charge in [0.05, 0.1) is 29.6 Å². The summed E-state index contributed by atoms with van der Waals surface area (Å²) in [6.07, 6.45) is 7.62. The fourth-order valence-corrected chi connectivity index (χ4v) is 9.26. The van der Waals surface area contributed by atoms with E-state index in [1.807, 2.05) is 37.3 Å². The Bertz CT molecular complexity index is 1950. The van der Waals surface area contributed by atoms with Crippen molar-refractivity contribution in [1.29, 1.82) is 0 Å². The van der Waals surface area contributed by atoms with Crippen LogP contribution in [0.5, 0.6) is 11.5 Å². The van der Waals surface area contributed by atoms with Crippen LogP contribution in [0.2, 0.25) is 0 Å². The number of nitrogens with one attached hydrogen (secondary N) is 3. The van der Waals surface area contributed by atoms with Gasteiger partial charge < -0.3 is 30.1 Å². The van der Waals surface area contributed by atoms with Gasteiger partial charge >= 0.3 is 6.09 Å². The third kappa shape index (κ3) is 6.38. The standard InChI is InChI=1S/C36H45N5O9S/c1-21-29-24(25-17-23(49-3)11-12-26(25)37-21)13-14-35(50-29)19-28-30(42)39-36(32(44)40-51(47,48)34(2)15-16-34)18-22(36)9-7-5-4-6-8-10-27(38-33(45)46)31(43)41(28)20-35/h7,9,11-12,17,22,27-28,38H,4-6,8,10,13-16,18-20H2,1-3H3,(H,39,42)(H,40,44)(H,45,46)/b9-7-/t22-,27+,28+,35-,36-/m1/s1. The molecule has 4 heterocycles. The summed E-state index contributed by atoms with van der Waals surface area (Å²) < 4.78 is 39.7. The van der Waals surface area contributed by atoms with E-state index in [4.69, 9.17) is 14.5 Å². The molecule has 1 aromatic heterocycles. The van der Waals surface area contributed by atoms with Crippen LogP contribution < -0.4 is 24.8 Å². The first-order valence-corrected chi connectivity index (χ1v) is 19.2. The number of pyridine rings is 1. The highest BCUT2D eigenvalue weighted by Crippen LogP contribution is 2.49. The molecular formula is C36H45N5O9S. The fourth-order valence-electron chi connectivity index (χ4n) is 7.95. The number of methoxy groups -OCH3 is 1. The van der Waals surface area contributed by atoms with E-state index >= 15 is 0 Å². The Kier molecular flexibility index (Phi) is 8.70. The van der Waals surface area contributed by atoms with Gasteiger partial charge in [-0.25, -0.2) is 18.2 Å². The number of aromatic nitrogens is 1. The smallest absolute Gasteiger partial charge is 0.405 e. The van der Waals surface area contributed by atoms with E-state index in [0.717, 1.165) is 29.3 Å². The predicted molar refractivity (Wildman–Crippen MR) is 186 cm³/mol. The number of hydrogen-bond acceptors (Lipinski definition) is 9. The Morgan fingerprint density at radius 3 is 2.65 bits per heavy atom. The maximum atomic E-state index is 14.4. The van der Waals surface area contributed by atoms with Crippen molar-refractivity contribution >= 4 is 44.7 Å². The van der Waals surface area contributed by atoms with Crippen molar-refractivity contribution in [1.82, 2.24) is 25.2 Å². The second kappa shape index (κ2) is 12.7. The van der Waals surface area contributed by atoms with E-state index in [1.54, 1.807) is 14.0 Å². The van der Waals surface area contributed by atoms with Gasteiger partial charge in [0.25, 0.3) is 5.91 Å². The summed E-state index contributed by atoms with van der Waals surface area (Å²) in [5, 5.41) is 15.8. The van der Waals surface area contributed by atoms with Gasteiger partial charge in [-0.3, -0.25) is 19.1 Å². The zero-order valence-corrected chi connectivity index (χ0v) is 29.9. The summed E-state index contributed by atoms with van der Waals surface area (Å²) in [7, 11) is -2.40. The van der Waals surface area contributed by atoms with Crippen molar-refractivity contribution in [2.45, 2.75) is 112 Å². The first-order valence-electron chi connectivity index (χ1n) is 17.7. The molecule has 3 fully saturated rings. The average molecular weight is 724 g/mol. The summed E-state index contributed by atoms with van der Waals surface area (Å²) in [5.41, 5.74) is -0.140. The number of amides is 4. The number of hydrogen-bond donors (Lipinski definition) is 4. The van der Waals surface area contributed by atoms with E-state index in [2.05, 4.69) is 15.4 Å². The molecule has 14 nitrogen and oxygen atoms in total. The monoisotopic (exact) mass is 723 g/mol. The number of nitrogens with zero attached hydrogens (tertiary/aromatic N) is 2. The second-order valence-corrected chi connectivity index (χ2v) is 17.3. The molecule has 274 valence electrons. The topological polar surface area (TPSA) is 193 Å². The molecule has 4 amide bonds. The molecule has 0 radical (unpaired) electrons. The Morgan fingerprint density at radius 2 is 1.92 bits per heavy atom. The van der Waals surface area contributed by atoms with Crippen molar-refractivity contribution in [2.75, 3.05) is 13.7 Å². The van der Waals surface area contributed by atoms with Crippen LogP contribution in [0.4, 0.5) is 4.79 Å². The van der Waals surface area contributed by atoms with Gasteiger partial charge in [0.2, 0.25) is 21.8 Å². The minimum Gasteiger partial charge on any atom is -0.497 e. The molecule has 51 heavy (non-hydrogen) atoms. The third-order valence-electron chi connectivity index (χ3n) is 11.5. The molecule has 1 spiro atoms. The van der Waals surface area contributed by atoms with E-state index in [9.17, 15) is 32.7 Å². The molecular weight excluding hydrogens is 678 g/mol. The van der Waals surface area contributed by atoms with Crippen molar-refractivity contribution in [2.24, 2.45) is 5.92 Å². The normalized spacial score (nSPS) is 30.7.